The van der Waals surface area contributed by atoms with Crippen LogP contribution in [-0.2, 0) is 4.79 Å². The van der Waals surface area contributed by atoms with Gasteiger partial charge in [0.15, 0.2) is 5.41 Å². The number of nitrogens with zero attached hydrogens (tertiary/aromatic N) is 2. The fourth-order valence-electron chi connectivity index (χ4n) is 2.79. The summed E-state index contributed by atoms with van der Waals surface area (Å²) in [5.74, 6) is -0.401. The summed E-state index contributed by atoms with van der Waals surface area (Å²) in [4.78, 5) is 11.8. The molecule has 0 amide bonds. The van der Waals surface area contributed by atoms with Crippen LogP contribution in [0.1, 0.15) is 31.2 Å². The van der Waals surface area contributed by atoms with Crippen molar-refractivity contribution in [3.63, 3.8) is 0 Å². The van der Waals surface area contributed by atoms with Gasteiger partial charge in [0.2, 0.25) is 0 Å². The molecular formula is C15H14N2O. The molecule has 3 nitrogen and oxygen atoms in total. The maximum absolute atomic E-state index is 11.8. The van der Waals surface area contributed by atoms with Crippen LogP contribution >= 0.6 is 0 Å². The zero-order chi connectivity index (χ0) is 13.2. The number of Topliss-reactive ketones (excluding diaryl/α,β-unsaturated/α-hetero) is 1. The zero-order valence-electron chi connectivity index (χ0n) is 10.3. The molecule has 1 saturated carbocycles. The maximum atomic E-state index is 11.8. The van der Waals surface area contributed by atoms with Crippen molar-refractivity contribution < 1.29 is 4.79 Å². The van der Waals surface area contributed by atoms with Crippen molar-refractivity contribution in [3.05, 3.63) is 35.9 Å². The predicted molar refractivity (Wildman–Crippen MR) is 66.2 cm³/mol. The smallest absolute Gasteiger partial charge is 0.153 e. The van der Waals surface area contributed by atoms with Gasteiger partial charge in [-0.3, -0.25) is 4.79 Å². The van der Waals surface area contributed by atoms with Crippen molar-refractivity contribution in [1.29, 1.82) is 10.5 Å². The first-order valence-electron chi connectivity index (χ1n) is 6.03. The van der Waals surface area contributed by atoms with Crippen molar-refractivity contribution in [2.75, 3.05) is 0 Å². The molecule has 2 rings (SSSR count). The number of ketones is 1. The van der Waals surface area contributed by atoms with E-state index in [0.717, 1.165) is 5.56 Å². The molecule has 0 aliphatic heterocycles. The number of carbonyl (C=O) groups excluding carboxylic acids is 1. The predicted octanol–water partition coefficient (Wildman–Crippen LogP) is 2.80. The summed E-state index contributed by atoms with van der Waals surface area (Å²) in [6.07, 6.45) is 0.611. The normalized spacial score (nSPS) is 26.1. The van der Waals surface area contributed by atoms with Crippen LogP contribution in [0.4, 0.5) is 0 Å². The van der Waals surface area contributed by atoms with Gasteiger partial charge in [0, 0.05) is 18.8 Å². The average Bonchev–Trinajstić information content (AvgIpc) is 2.40. The van der Waals surface area contributed by atoms with E-state index in [2.05, 4.69) is 12.1 Å². The van der Waals surface area contributed by atoms with Crippen LogP contribution in [0.5, 0.6) is 0 Å². The Morgan fingerprint density at radius 2 is 1.78 bits per heavy atom. The SMILES string of the molecule is C[C@@H]1CC(=O)C[C@@H](c2ccccc2)C1(C#N)C#N. The summed E-state index contributed by atoms with van der Waals surface area (Å²) in [6, 6.07) is 13.8. The lowest BCUT2D eigenvalue weighted by Crippen LogP contribution is -2.39. The number of carbonyl (C=O) groups is 1. The molecule has 0 radical (unpaired) electrons. The van der Waals surface area contributed by atoms with Crippen LogP contribution in [0.15, 0.2) is 30.3 Å². The molecule has 0 heterocycles. The van der Waals surface area contributed by atoms with Gasteiger partial charge in [0.05, 0.1) is 12.1 Å². The van der Waals surface area contributed by atoms with Gasteiger partial charge in [-0.05, 0) is 11.5 Å². The Hall–Kier alpha value is -2.13. The van der Waals surface area contributed by atoms with E-state index in [4.69, 9.17) is 0 Å². The molecule has 3 heteroatoms. The third-order valence-electron chi connectivity index (χ3n) is 3.86. The Labute approximate surface area is 107 Å². The van der Waals surface area contributed by atoms with E-state index in [0.29, 0.717) is 6.42 Å². The maximum Gasteiger partial charge on any atom is 0.153 e. The van der Waals surface area contributed by atoms with Crippen LogP contribution in [0.25, 0.3) is 0 Å². The first-order chi connectivity index (χ1) is 8.64. The first-order valence-corrected chi connectivity index (χ1v) is 6.03. The molecule has 0 N–H and O–H groups in total. The minimum absolute atomic E-state index is 0.137. The summed E-state index contributed by atoms with van der Waals surface area (Å²) < 4.78 is 0. The fraction of sp³-hybridized carbons (Fsp3) is 0.400. The molecule has 0 unspecified atom stereocenters. The topological polar surface area (TPSA) is 64.7 Å². The molecule has 0 saturated heterocycles. The highest BCUT2D eigenvalue weighted by Crippen LogP contribution is 2.48. The summed E-state index contributed by atoms with van der Waals surface area (Å²) in [7, 11) is 0. The Morgan fingerprint density at radius 1 is 1.17 bits per heavy atom. The molecule has 0 spiro atoms. The van der Waals surface area contributed by atoms with Crippen molar-refractivity contribution in [2.24, 2.45) is 11.3 Å². The number of nitriles is 2. The Morgan fingerprint density at radius 3 is 2.33 bits per heavy atom. The summed E-state index contributed by atoms with van der Waals surface area (Å²) in [5, 5.41) is 18.9. The van der Waals surface area contributed by atoms with E-state index in [-0.39, 0.29) is 24.0 Å². The molecular weight excluding hydrogens is 224 g/mol. The van der Waals surface area contributed by atoms with E-state index in [1.54, 1.807) is 0 Å². The fourth-order valence-corrected chi connectivity index (χ4v) is 2.79. The van der Waals surface area contributed by atoms with E-state index in [9.17, 15) is 15.3 Å². The van der Waals surface area contributed by atoms with Crippen molar-refractivity contribution >= 4 is 5.78 Å². The Kier molecular flexibility index (Phi) is 3.17. The van der Waals surface area contributed by atoms with E-state index >= 15 is 0 Å². The number of hydrogen-bond donors (Lipinski definition) is 0. The van der Waals surface area contributed by atoms with Gasteiger partial charge in [-0.2, -0.15) is 10.5 Å². The molecule has 90 valence electrons. The average molecular weight is 238 g/mol. The van der Waals surface area contributed by atoms with E-state index < -0.39 is 5.41 Å². The van der Waals surface area contributed by atoms with E-state index in [1.807, 2.05) is 37.3 Å². The summed E-state index contributed by atoms with van der Waals surface area (Å²) >= 11 is 0. The first kappa shape index (κ1) is 12.3. The third-order valence-corrected chi connectivity index (χ3v) is 3.86. The quantitative estimate of drug-likeness (QED) is 0.755. The zero-order valence-corrected chi connectivity index (χ0v) is 10.3. The highest BCUT2D eigenvalue weighted by atomic mass is 16.1. The molecule has 0 aromatic heterocycles. The standard InChI is InChI=1S/C15H14N2O/c1-11-7-13(18)8-14(15(11,9-16)10-17)12-5-3-2-4-6-12/h2-6,11,14H,7-8H2,1H3/t11-,14+/m1/s1. The second-order valence-electron chi connectivity index (χ2n) is 4.90. The lowest BCUT2D eigenvalue weighted by Gasteiger charge is -2.38. The second kappa shape index (κ2) is 4.63. The van der Waals surface area contributed by atoms with Crippen molar-refractivity contribution in [3.8, 4) is 12.1 Å². The number of rotatable bonds is 1. The van der Waals surface area contributed by atoms with Crippen LogP contribution in [0.2, 0.25) is 0 Å². The summed E-state index contributed by atoms with van der Waals surface area (Å²) in [6.45, 7) is 1.82. The molecule has 0 bridgehead atoms. The largest absolute Gasteiger partial charge is 0.300 e. The highest BCUT2D eigenvalue weighted by molar-refractivity contribution is 5.81. The van der Waals surface area contributed by atoms with Gasteiger partial charge in [-0.15, -0.1) is 0 Å². The van der Waals surface area contributed by atoms with Crippen LogP contribution < -0.4 is 0 Å². The van der Waals surface area contributed by atoms with Crippen molar-refractivity contribution in [1.82, 2.24) is 0 Å². The Balaban J connectivity index is 2.51. The Bertz CT molecular complexity index is 522. The minimum atomic E-state index is -1.09. The monoisotopic (exact) mass is 238 g/mol. The third kappa shape index (κ3) is 1.79. The van der Waals surface area contributed by atoms with Gasteiger partial charge < -0.3 is 0 Å². The van der Waals surface area contributed by atoms with Gasteiger partial charge in [0.25, 0.3) is 0 Å². The lowest BCUT2D eigenvalue weighted by molar-refractivity contribution is -0.123. The van der Waals surface area contributed by atoms with Gasteiger partial charge in [-0.25, -0.2) is 0 Å². The van der Waals surface area contributed by atoms with Crippen LogP contribution in [0, 0.1) is 34.0 Å². The minimum Gasteiger partial charge on any atom is -0.300 e. The van der Waals surface area contributed by atoms with Gasteiger partial charge in [0.1, 0.15) is 5.78 Å². The highest BCUT2D eigenvalue weighted by Gasteiger charge is 2.49. The van der Waals surface area contributed by atoms with Gasteiger partial charge in [-0.1, -0.05) is 37.3 Å². The lowest BCUT2D eigenvalue weighted by atomic mass is 9.60. The molecule has 1 aliphatic rings. The van der Waals surface area contributed by atoms with Gasteiger partial charge >= 0.3 is 0 Å². The molecule has 1 aliphatic carbocycles. The van der Waals surface area contributed by atoms with Crippen LogP contribution in [-0.4, -0.2) is 5.78 Å². The number of hydrogen-bond acceptors (Lipinski definition) is 3. The van der Waals surface area contributed by atoms with E-state index in [1.165, 1.54) is 0 Å². The number of benzene rings is 1. The second-order valence-corrected chi connectivity index (χ2v) is 4.90. The molecule has 1 aromatic rings. The van der Waals surface area contributed by atoms with Crippen molar-refractivity contribution in [2.45, 2.75) is 25.7 Å². The molecule has 18 heavy (non-hydrogen) atoms. The molecule has 2 atom stereocenters. The molecule has 1 aromatic carbocycles. The molecule has 1 fully saturated rings. The summed E-state index contributed by atoms with van der Waals surface area (Å²) in [5.41, 5.74) is -0.185. The van der Waals surface area contributed by atoms with Crippen LogP contribution in [0.3, 0.4) is 0 Å².